The van der Waals surface area contributed by atoms with Crippen molar-refractivity contribution in [3.63, 3.8) is 0 Å². The van der Waals surface area contributed by atoms with Crippen molar-refractivity contribution in [2.24, 2.45) is 5.10 Å². The van der Waals surface area contributed by atoms with Gasteiger partial charge in [0.2, 0.25) is 0 Å². The second-order valence-corrected chi connectivity index (χ2v) is 10.1. The van der Waals surface area contributed by atoms with E-state index < -0.39 is 11.8 Å². The third-order valence-corrected chi connectivity index (χ3v) is 6.49. The molecule has 0 atom stereocenters. The lowest BCUT2D eigenvalue weighted by Gasteiger charge is -2.14. The molecule has 3 rings (SSSR count). The van der Waals surface area contributed by atoms with E-state index in [0.717, 1.165) is 32.4 Å². The van der Waals surface area contributed by atoms with Crippen molar-refractivity contribution in [1.29, 1.82) is 0 Å². The first-order chi connectivity index (χ1) is 19.6. The minimum Gasteiger partial charge on any atom is -0.493 e. The molecule has 216 valence electrons. The maximum atomic E-state index is 12.6. The van der Waals surface area contributed by atoms with Gasteiger partial charge in [0.1, 0.15) is 5.75 Å². The summed E-state index contributed by atoms with van der Waals surface area (Å²) in [6.45, 7) is 5.88. The van der Waals surface area contributed by atoms with Crippen molar-refractivity contribution < 1.29 is 28.6 Å². The van der Waals surface area contributed by atoms with Gasteiger partial charge in [-0.1, -0.05) is 39.7 Å². The molecule has 3 N–H and O–H groups in total. The first-order valence-corrected chi connectivity index (χ1v) is 13.5. The minimum atomic E-state index is -0.922. The fourth-order valence-corrected chi connectivity index (χ4v) is 4.47. The van der Waals surface area contributed by atoms with Crippen molar-refractivity contribution in [2.45, 2.75) is 27.2 Å². The van der Waals surface area contributed by atoms with E-state index in [4.69, 9.17) is 14.2 Å². The zero-order valence-corrected chi connectivity index (χ0v) is 25.2. The Bertz CT molecular complexity index is 1430. The molecule has 3 aromatic carbocycles. The molecule has 41 heavy (non-hydrogen) atoms. The van der Waals surface area contributed by atoms with Crippen molar-refractivity contribution in [2.75, 3.05) is 32.7 Å². The number of hydrogen-bond acceptors (Lipinski definition) is 7. The highest BCUT2D eigenvalue weighted by Gasteiger charge is 2.14. The predicted octanol–water partition coefficient (Wildman–Crippen LogP) is 4.22. The van der Waals surface area contributed by atoms with Crippen molar-refractivity contribution in [3.05, 3.63) is 80.8 Å². The third kappa shape index (κ3) is 9.07. The first kappa shape index (κ1) is 31.2. The summed E-state index contributed by atoms with van der Waals surface area (Å²) in [6.07, 6.45) is 1.82. The van der Waals surface area contributed by atoms with Crippen LogP contribution in [-0.4, -0.2) is 51.3 Å². The van der Waals surface area contributed by atoms with Crippen LogP contribution in [0, 0.1) is 20.8 Å². The van der Waals surface area contributed by atoms with Crippen LogP contribution in [0.1, 0.15) is 27.8 Å². The molecule has 10 nitrogen and oxygen atoms in total. The van der Waals surface area contributed by atoms with Crippen molar-refractivity contribution in [1.82, 2.24) is 10.7 Å². The normalized spacial score (nSPS) is 10.7. The van der Waals surface area contributed by atoms with Crippen LogP contribution in [0.5, 0.6) is 17.2 Å². The number of benzene rings is 3. The van der Waals surface area contributed by atoms with Crippen LogP contribution < -0.4 is 30.3 Å². The fourth-order valence-electron chi connectivity index (χ4n) is 4.10. The number of anilines is 1. The molecule has 0 heterocycles. The Morgan fingerprint density at radius 2 is 1.56 bits per heavy atom. The molecule has 0 saturated heterocycles. The summed E-state index contributed by atoms with van der Waals surface area (Å²) in [5.41, 5.74) is 7.41. The molecule has 3 aromatic rings. The number of aryl methyl sites for hydroxylation is 3. The molecule has 0 radical (unpaired) electrons. The first-order valence-electron chi connectivity index (χ1n) is 12.7. The summed E-state index contributed by atoms with van der Waals surface area (Å²) in [5, 5.41) is 9.33. The van der Waals surface area contributed by atoms with Crippen molar-refractivity contribution >= 4 is 45.6 Å². The number of halogens is 1. The van der Waals surface area contributed by atoms with E-state index in [1.165, 1.54) is 6.21 Å². The van der Waals surface area contributed by atoms with Crippen LogP contribution in [0.4, 0.5) is 5.69 Å². The van der Waals surface area contributed by atoms with E-state index in [1.807, 2.05) is 39.0 Å². The highest BCUT2D eigenvalue weighted by Crippen LogP contribution is 2.27. The zero-order chi connectivity index (χ0) is 29.9. The quantitative estimate of drug-likeness (QED) is 0.167. The van der Waals surface area contributed by atoms with Crippen LogP contribution in [0.25, 0.3) is 0 Å². The number of hydrazone groups is 1. The van der Waals surface area contributed by atoms with Gasteiger partial charge < -0.3 is 24.8 Å². The summed E-state index contributed by atoms with van der Waals surface area (Å²) in [4.78, 5) is 37.0. The van der Waals surface area contributed by atoms with Gasteiger partial charge in [0.05, 0.1) is 20.4 Å². The smallest absolute Gasteiger partial charge is 0.329 e. The van der Waals surface area contributed by atoms with E-state index in [1.54, 1.807) is 44.6 Å². The summed E-state index contributed by atoms with van der Waals surface area (Å²) >= 11 is 3.39. The maximum Gasteiger partial charge on any atom is 0.329 e. The molecule has 0 aliphatic carbocycles. The molecule has 3 amide bonds. The van der Waals surface area contributed by atoms with Crippen LogP contribution in [-0.2, 0) is 20.8 Å². The molecule has 0 aromatic heterocycles. The number of methoxy groups -OCH3 is 2. The van der Waals surface area contributed by atoms with E-state index in [-0.39, 0.29) is 19.1 Å². The topological polar surface area (TPSA) is 127 Å². The highest BCUT2D eigenvalue weighted by atomic mass is 79.9. The number of nitrogens with one attached hydrogen (secondary N) is 3. The Morgan fingerprint density at radius 3 is 2.24 bits per heavy atom. The van der Waals surface area contributed by atoms with Gasteiger partial charge >= 0.3 is 11.8 Å². The molecule has 0 aliphatic heterocycles. The maximum absolute atomic E-state index is 12.6. The Hall–Kier alpha value is -4.38. The lowest BCUT2D eigenvalue weighted by atomic mass is 10.1. The van der Waals surface area contributed by atoms with Gasteiger partial charge in [-0.15, -0.1) is 0 Å². The summed E-state index contributed by atoms with van der Waals surface area (Å²) in [7, 11) is 3.10. The largest absolute Gasteiger partial charge is 0.493 e. The van der Waals surface area contributed by atoms with Crippen LogP contribution in [0.15, 0.2) is 58.1 Å². The van der Waals surface area contributed by atoms with Gasteiger partial charge in [-0.3, -0.25) is 14.4 Å². The molecule has 0 spiro atoms. The van der Waals surface area contributed by atoms with Crippen LogP contribution >= 0.6 is 15.9 Å². The molecule has 0 unspecified atom stereocenters. The van der Waals surface area contributed by atoms with Crippen molar-refractivity contribution in [3.8, 4) is 17.2 Å². The molecular formula is C30H33BrN4O6. The molecule has 0 saturated carbocycles. The summed E-state index contributed by atoms with van der Waals surface area (Å²) in [6, 6.07) is 14.6. The number of carbonyl (C=O) groups is 3. The standard InChI is InChI=1S/C30H33BrN4O6/c1-18-12-19(2)28(20(3)13-18)34-27(36)17-41-24-9-7-23(31)15-22(24)16-33-35-30(38)29(37)32-11-10-21-6-8-25(39-4)26(14-21)40-5/h6-9,12-16H,10-11,17H2,1-5H3,(H,32,37)(H,34,36)(H,35,38)/b33-16-. The van der Waals surface area contributed by atoms with Gasteiger partial charge in [-0.2, -0.15) is 5.10 Å². The molecule has 0 aliphatic rings. The zero-order valence-electron chi connectivity index (χ0n) is 23.6. The van der Waals surface area contributed by atoms with E-state index in [2.05, 4.69) is 37.1 Å². The lowest BCUT2D eigenvalue weighted by Crippen LogP contribution is -2.38. The minimum absolute atomic E-state index is 0.232. The van der Waals surface area contributed by atoms with Gasteiger partial charge in [0.25, 0.3) is 5.91 Å². The number of carbonyl (C=O) groups excluding carboxylic acids is 3. The Morgan fingerprint density at radius 1 is 0.878 bits per heavy atom. The van der Waals surface area contributed by atoms with Gasteiger partial charge in [0.15, 0.2) is 18.1 Å². The van der Waals surface area contributed by atoms with E-state index in [9.17, 15) is 14.4 Å². The lowest BCUT2D eigenvalue weighted by molar-refractivity contribution is -0.139. The third-order valence-electron chi connectivity index (χ3n) is 6.00. The highest BCUT2D eigenvalue weighted by molar-refractivity contribution is 9.10. The number of nitrogens with zero attached hydrogens (tertiary/aromatic N) is 1. The van der Waals surface area contributed by atoms with Crippen LogP contribution in [0.3, 0.4) is 0 Å². The number of hydrogen-bond donors (Lipinski definition) is 3. The van der Waals surface area contributed by atoms with Crippen LogP contribution in [0.2, 0.25) is 0 Å². The summed E-state index contributed by atoms with van der Waals surface area (Å²) < 4.78 is 17.0. The number of rotatable bonds is 11. The molecule has 0 bridgehead atoms. The summed E-state index contributed by atoms with van der Waals surface area (Å²) in [5.74, 6) is -0.508. The van der Waals surface area contributed by atoms with Gasteiger partial charge in [0, 0.05) is 22.3 Å². The molecular weight excluding hydrogens is 592 g/mol. The average molecular weight is 626 g/mol. The monoisotopic (exact) mass is 624 g/mol. The fraction of sp³-hybridized carbons (Fsp3) is 0.267. The van der Waals surface area contributed by atoms with E-state index in [0.29, 0.717) is 29.2 Å². The molecule has 0 fully saturated rings. The SMILES string of the molecule is COc1ccc(CCNC(=O)C(=O)N/N=C\c2cc(Br)ccc2OCC(=O)Nc2c(C)cc(C)cc2C)cc1OC. The van der Waals surface area contributed by atoms with Gasteiger partial charge in [-0.25, -0.2) is 5.43 Å². The Kier molecular flexibility index (Phi) is 11.3. The number of ether oxygens (including phenoxy) is 3. The second kappa shape index (κ2) is 14.8. The second-order valence-electron chi connectivity index (χ2n) is 9.19. The molecule has 11 heteroatoms. The van der Waals surface area contributed by atoms with E-state index >= 15 is 0 Å². The number of amides is 3. The Balaban J connectivity index is 1.52. The average Bonchev–Trinajstić information content (AvgIpc) is 2.94. The van der Waals surface area contributed by atoms with Gasteiger partial charge in [-0.05, 0) is 74.2 Å². The Labute approximate surface area is 247 Å². The predicted molar refractivity (Wildman–Crippen MR) is 161 cm³/mol.